The fourth-order valence-electron chi connectivity index (χ4n) is 3.10. The van der Waals surface area contributed by atoms with Gasteiger partial charge in [-0.2, -0.15) is 4.98 Å². The molecule has 0 aliphatic rings. The second kappa shape index (κ2) is 9.14. The Morgan fingerprint density at radius 2 is 2.07 bits per heavy atom. The number of aryl methyl sites for hydroxylation is 2. The van der Waals surface area contributed by atoms with Crippen LogP contribution in [-0.2, 0) is 20.0 Å². The molecule has 0 radical (unpaired) electrons. The number of nitrogens with zero attached hydrogens (tertiary/aromatic N) is 3. The quantitative estimate of drug-likeness (QED) is 0.391. The number of H-pyrrole nitrogens is 1. The highest BCUT2D eigenvalue weighted by Crippen LogP contribution is 2.17. The van der Waals surface area contributed by atoms with Gasteiger partial charge in [-0.05, 0) is 31.0 Å². The Morgan fingerprint density at radius 1 is 1.30 bits per heavy atom. The van der Waals surface area contributed by atoms with Gasteiger partial charge in [-0.1, -0.05) is 19.1 Å². The van der Waals surface area contributed by atoms with Gasteiger partial charge in [0.1, 0.15) is 18.5 Å². The van der Waals surface area contributed by atoms with Crippen LogP contribution in [0.25, 0.3) is 11.2 Å². The minimum absolute atomic E-state index is 0.00630. The van der Waals surface area contributed by atoms with Crippen molar-refractivity contribution in [3.63, 3.8) is 0 Å². The zero-order valence-corrected chi connectivity index (χ0v) is 17.3. The van der Waals surface area contributed by atoms with Crippen molar-refractivity contribution < 1.29 is 14.9 Å². The van der Waals surface area contributed by atoms with Gasteiger partial charge in [-0.15, -0.1) is 0 Å². The smallest absolute Gasteiger partial charge is 0.329 e. The SMILES string of the molecule is CCc1cccc(OC[C@H](O)Cn2c(NC[C@@H](C)O)nc3c2c(=O)[nH]c(=O)n3C)c1. The van der Waals surface area contributed by atoms with Gasteiger partial charge >= 0.3 is 5.69 Å². The van der Waals surface area contributed by atoms with Crippen molar-refractivity contribution in [2.75, 3.05) is 18.5 Å². The molecule has 0 aliphatic carbocycles. The summed E-state index contributed by atoms with van der Waals surface area (Å²) in [7, 11) is 1.50. The minimum Gasteiger partial charge on any atom is -0.491 e. The number of nitrogens with one attached hydrogen (secondary N) is 2. The van der Waals surface area contributed by atoms with Crippen LogP contribution in [0.4, 0.5) is 5.95 Å². The molecule has 162 valence electrons. The Morgan fingerprint density at radius 3 is 2.77 bits per heavy atom. The van der Waals surface area contributed by atoms with E-state index in [0.29, 0.717) is 5.75 Å². The standard InChI is InChI=1S/C20H27N5O5/c1-4-13-6-5-7-15(8-13)30-11-14(27)10-25-16-17(22-19(25)21-9-12(2)26)24(3)20(29)23-18(16)28/h5-8,12,14,26-27H,4,9-11H2,1-3H3,(H,21,22)(H,23,28,29)/t12-,14-/m1/s1. The zero-order chi connectivity index (χ0) is 21.8. The normalized spacial score (nSPS) is 13.4. The molecule has 3 rings (SSSR count). The highest BCUT2D eigenvalue weighted by atomic mass is 16.5. The lowest BCUT2D eigenvalue weighted by molar-refractivity contribution is 0.0937. The molecule has 1 aromatic carbocycles. The number of rotatable bonds is 9. The number of hydrogen-bond donors (Lipinski definition) is 4. The third-order valence-electron chi connectivity index (χ3n) is 4.71. The van der Waals surface area contributed by atoms with E-state index in [4.69, 9.17) is 4.74 Å². The number of anilines is 1. The first kappa shape index (κ1) is 21.6. The zero-order valence-electron chi connectivity index (χ0n) is 17.3. The van der Waals surface area contributed by atoms with Gasteiger partial charge < -0.3 is 24.8 Å². The second-order valence-electron chi connectivity index (χ2n) is 7.23. The molecule has 0 saturated carbocycles. The fourth-order valence-corrected chi connectivity index (χ4v) is 3.10. The van der Waals surface area contributed by atoms with Crippen LogP contribution in [0.3, 0.4) is 0 Å². The molecule has 4 N–H and O–H groups in total. The highest BCUT2D eigenvalue weighted by molar-refractivity contribution is 5.74. The van der Waals surface area contributed by atoms with E-state index in [1.165, 1.54) is 16.2 Å². The molecule has 2 heterocycles. The number of imidazole rings is 1. The summed E-state index contributed by atoms with van der Waals surface area (Å²) in [5, 5.41) is 23.1. The van der Waals surface area contributed by atoms with Crippen LogP contribution in [0.5, 0.6) is 5.75 Å². The van der Waals surface area contributed by atoms with Crippen LogP contribution in [0.2, 0.25) is 0 Å². The summed E-state index contributed by atoms with van der Waals surface area (Å²) in [6.45, 7) is 3.85. The topological polar surface area (TPSA) is 134 Å². The molecule has 0 amide bonds. The summed E-state index contributed by atoms with van der Waals surface area (Å²) < 4.78 is 8.41. The molecule has 30 heavy (non-hydrogen) atoms. The first-order chi connectivity index (χ1) is 14.3. The van der Waals surface area contributed by atoms with Crippen LogP contribution in [0, 0.1) is 0 Å². The molecule has 0 saturated heterocycles. The minimum atomic E-state index is -0.948. The van der Waals surface area contributed by atoms with Gasteiger partial charge in [0.05, 0.1) is 12.6 Å². The van der Waals surface area contributed by atoms with Gasteiger partial charge in [0.25, 0.3) is 5.56 Å². The summed E-state index contributed by atoms with van der Waals surface area (Å²) in [4.78, 5) is 30.9. The van der Waals surface area contributed by atoms with E-state index in [0.717, 1.165) is 12.0 Å². The average molecular weight is 417 g/mol. The van der Waals surface area contributed by atoms with E-state index in [9.17, 15) is 19.8 Å². The van der Waals surface area contributed by atoms with E-state index in [1.54, 1.807) is 6.92 Å². The Balaban J connectivity index is 1.87. The van der Waals surface area contributed by atoms with Crippen molar-refractivity contribution in [1.82, 2.24) is 19.1 Å². The lowest BCUT2D eigenvalue weighted by atomic mass is 10.2. The van der Waals surface area contributed by atoms with Crippen molar-refractivity contribution in [3.05, 3.63) is 50.7 Å². The molecule has 0 fully saturated rings. The van der Waals surface area contributed by atoms with Crippen LogP contribution >= 0.6 is 0 Å². The monoisotopic (exact) mass is 417 g/mol. The van der Waals surface area contributed by atoms with Gasteiger partial charge in [0.15, 0.2) is 11.2 Å². The molecule has 0 spiro atoms. The van der Waals surface area contributed by atoms with E-state index in [-0.39, 0.29) is 36.8 Å². The highest BCUT2D eigenvalue weighted by Gasteiger charge is 2.20. The molecule has 2 atom stereocenters. The first-order valence-electron chi connectivity index (χ1n) is 9.81. The molecule has 0 unspecified atom stereocenters. The van der Waals surface area contributed by atoms with E-state index in [1.807, 2.05) is 31.2 Å². The predicted molar refractivity (Wildman–Crippen MR) is 113 cm³/mol. The Hall–Kier alpha value is -3.11. The molecule has 3 aromatic rings. The number of aliphatic hydroxyl groups excluding tert-OH is 2. The van der Waals surface area contributed by atoms with Gasteiger partial charge in [-0.3, -0.25) is 14.3 Å². The number of fused-ring (bicyclic) bond motifs is 1. The summed E-state index contributed by atoms with van der Waals surface area (Å²) >= 11 is 0. The third-order valence-corrected chi connectivity index (χ3v) is 4.71. The van der Waals surface area contributed by atoms with E-state index in [2.05, 4.69) is 15.3 Å². The molecular weight excluding hydrogens is 390 g/mol. The third kappa shape index (κ3) is 4.71. The van der Waals surface area contributed by atoms with Crippen LogP contribution < -0.4 is 21.3 Å². The van der Waals surface area contributed by atoms with E-state index < -0.39 is 23.5 Å². The predicted octanol–water partition coefficient (Wildman–Crippen LogP) is 0.218. The summed E-state index contributed by atoms with van der Waals surface area (Å²) in [6.07, 6.45) is -0.725. The average Bonchev–Trinajstić information content (AvgIpc) is 3.08. The molecule has 10 heteroatoms. The van der Waals surface area contributed by atoms with Gasteiger partial charge in [0.2, 0.25) is 5.95 Å². The Bertz CT molecular complexity index is 1130. The summed E-state index contributed by atoms with van der Waals surface area (Å²) in [6, 6.07) is 7.61. The van der Waals surface area contributed by atoms with Crippen molar-refractivity contribution in [1.29, 1.82) is 0 Å². The number of aliphatic hydroxyl groups is 2. The largest absolute Gasteiger partial charge is 0.491 e. The van der Waals surface area contributed by atoms with Crippen molar-refractivity contribution >= 4 is 17.1 Å². The van der Waals surface area contributed by atoms with Gasteiger partial charge in [0, 0.05) is 13.6 Å². The maximum absolute atomic E-state index is 12.4. The van der Waals surface area contributed by atoms with Crippen LogP contribution in [0.1, 0.15) is 19.4 Å². The molecule has 10 nitrogen and oxygen atoms in total. The Labute approximate surface area is 172 Å². The lowest BCUT2D eigenvalue weighted by Crippen LogP contribution is -2.31. The van der Waals surface area contributed by atoms with Gasteiger partial charge in [-0.25, -0.2) is 4.79 Å². The molecule has 2 aromatic heterocycles. The number of hydrogen-bond acceptors (Lipinski definition) is 7. The molecule has 0 bridgehead atoms. The number of ether oxygens (including phenoxy) is 1. The second-order valence-corrected chi connectivity index (χ2v) is 7.23. The number of aromatic nitrogens is 4. The number of benzene rings is 1. The van der Waals surface area contributed by atoms with Crippen LogP contribution in [-0.4, -0.2) is 54.7 Å². The maximum Gasteiger partial charge on any atom is 0.329 e. The molecule has 0 aliphatic heterocycles. The summed E-state index contributed by atoms with van der Waals surface area (Å²) in [5.41, 5.74) is 0.269. The van der Waals surface area contributed by atoms with Crippen molar-refractivity contribution in [2.45, 2.75) is 39.0 Å². The lowest BCUT2D eigenvalue weighted by Gasteiger charge is -2.16. The number of aromatic amines is 1. The fraction of sp³-hybridized carbons (Fsp3) is 0.450. The maximum atomic E-state index is 12.4. The molecular formula is C20H27N5O5. The van der Waals surface area contributed by atoms with Crippen LogP contribution in [0.15, 0.2) is 33.9 Å². The van der Waals surface area contributed by atoms with E-state index >= 15 is 0 Å². The van der Waals surface area contributed by atoms with Crippen molar-refractivity contribution in [2.24, 2.45) is 7.05 Å². The Kier molecular flexibility index (Phi) is 6.58. The summed E-state index contributed by atoms with van der Waals surface area (Å²) in [5.74, 6) is 0.918. The first-order valence-corrected chi connectivity index (χ1v) is 9.81. The van der Waals surface area contributed by atoms with Crippen molar-refractivity contribution in [3.8, 4) is 5.75 Å².